The first kappa shape index (κ1) is 23.7. The zero-order valence-corrected chi connectivity index (χ0v) is 18.8. The Hall–Kier alpha value is -3.54. The fourth-order valence-electron chi connectivity index (χ4n) is 3.49. The maximum atomic E-state index is 13.1. The van der Waals surface area contributed by atoms with Crippen molar-refractivity contribution in [3.8, 4) is 0 Å². The van der Waals surface area contributed by atoms with E-state index in [9.17, 15) is 9.59 Å². The Morgan fingerprint density at radius 2 is 1.45 bits per heavy atom. The molecule has 0 spiro atoms. The van der Waals surface area contributed by atoms with E-state index in [0.29, 0.717) is 17.1 Å². The maximum absolute atomic E-state index is 13.1. The van der Waals surface area contributed by atoms with Crippen LogP contribution in [0.25, 0.3) is 0 Å². The number of hydrogen-bond acceptors (Lipinski definition) is 6. The first-order valence-electron chi connectivity index (χ1n) is 10.3. The van der Waals surface area contributed by atoms with Crippen LogP contribution in [-0.4, -0.2) is 30.1 Å². The summed E-state index contributed by atoms with van der Waals surface area (Å²) in [6, 6.07) is 9.25. The monoisotopic (exact) mass is 422 g/mol. The lowest BCUT2D eigenvalue weighted by molar-refractivity contribution is -0.139. The zero-order chi connectivity index (χ0) is 23.0. The molecule has 1 heterocycles. The summed E-state index contributed by atoms with van der Waals surface area (Å²) >= 11 is 0. The molecule has 0 atom stereocenters. The van der Waals surface area contributed by atoms with Gasteiger partial charge in [0, 0.05) is 11.4 Å². The third kappa shape index (κ3) is 5.15. The van der Waals surface area contributed by atoms with Crippen LogP contribution in [0.1, 0.15) is 34.6 Å². The van der Waals surface area contributed by atoms with Crippen molar-refractivity contribution in [1.29, 1.82) is 0 Å². The van der Waals surface area contributed by atoms with E-state index in [1.165, 1.54) is 0 Å². The molecule has 0 bridgehead atoms. The lowest BCUT2D eigenvalue weighted by Crippen LogP contribution is -2.42. The minimum atomic E-state index is -0.516. The molecule has 31 heavy (non-hydrogen) atoms. The molecular weight excluding hydrogens is 392 g/mol. The number of anilines is 1. The van der Waals surface area contributed by atoms with E-state index in [1.54, 1.807) is 30.9 Å². The van der Waals surface area contributed by atoms with Crippen molar-refractivity contribution in [3.05, 3.63) is 89.7 Å². The number of allylic oxidation sites excluding steroid dienone is 7. The number of hydrogen-bond donors (Lipinski definition) is 0. The number of para-hydroxylation sites is 1. The van der Waals surface area contributed by atoms with E-state index >= 15 is 0 Å². The Balaban J connectivity index is 2.81. The van der Waals surface area contributed by atoms with Crippen LogP contribution in [0.15, 0.2) is 89.7 Å². The van der Waals surface area contributed by atoms with Crippen LogP contribution in [0, 0.1) is 0 Å². The van der Waals surface area contributed by atoms with E-state index in [0.717, 1.165) is 5.70 Å². The summed E-state index contributed by atoms with van der Waals surface area (Å²) in [5, 5.41) is 0. The molecule has 0 N–H and O–H groups in total. The maximum Gasteiger partial charge on any atom is 0.357 e. The van der Waals surface area contributed by atoms with Gasteiger partial charge in [-0.25, -0.2) is 9.59 Å². The zero-order valence-electron chi connectivity index (χ0n) is 18.8. The third-order valence-electron chi connectivity index (χ3n) is 4.69. The minimum Gasteiger partial charge on any atom is -0.461 e. The number of benzene rings is 1. The first-order chi connectivity index (χ1) is 14.9. The van der Waals surface area contributed by atoms with Gasteiger partial charge in [0.15, 0.2) is 11.4 Å². The quantitative estimate of drug-likeness (QED) is 0.432. The molecular formula is C25H30N2O4. The number of carbonyl (C=O) groups is 2. The van der Waals surface area contributed by atoms with Crippen LogP contribution in [0.3, 0.4) is 0 Å². The number of carbonyl (C=O) groups excluding carboxylic acids is 2. The van der Waals surface area contributed by atoms with Crippen molar-refractivity contribution in [3.63, 3.8) is 0 Å². The highest BCUT2D eigenvalue weighted by Gasteiger charge is 2.38. The lowest BCUT2D eigenvalue weighted by Gasteiger charge is -2.40. The molecule has 1 aliphatic rings. The SMILES string of the molecule is C=C/C=C\C=C(/C)N1C(C)=C(C(=O)OCC)N(c2ccccc2)C(C(=O)OCC)=C1C. The van der Waals surface area contributed by atoms with Crippen LogP contribution < -0.4 is 4.90 Å². The number of nitrogens with zero attached hydrogens (tertiary/aromatic N) is 2. The molecule has 0 fully saturated rings. The molecule has 0 aromatic heterocycles. The second-order valence-electron chi connectivity index (χ2n) is 6.74. The summed E-state index contributed by atoms with van der Waals surface area (Å²) in [5.41, 5.74) is 3.32. The topological polar surface area (TPSA) is 59.1 Å². The predicted molar refractivity (Wildman–Crippen MR) is 123 cm³/mol. The smallest absolute Gasteiger partial charge is 0.357 e. The minimum absolute atomic E-state index is 0.215. The van der Waals surface area contributed by atoms with E-state index in [2.05, 4.69) is 6.58 Å². The van der Waals surface area contributed by atoms with Gasteiger partial charge in [-0.2, -0.15) is 0 Å². The van der Waals surface area contributed by atoms with E-state index < -0.39 is 11.9 Å². The second kappa shape index (κ2) is 11.0. The van der Waals surface area contributed by atoms with Crippen LogP contribution in [-0.2, 0) is 19.1 Å². The van der Waals surface area contributed by atoms with Gasteiger partial charge in [0.05, 0.1) is 24.6 Å². The van der Waals surface area contributed by atoms with Gasteiger partial charge >= 0.3 is 11.9 Å². The molecule has 164 valence electrons. The average molecular weight is 423 g/mol. The van der Waals surface area contributed by atoms with Crippen molar-refractivity contribution in [2.75, 3.05) is 18.1 Å². The van der Waals surface area contributed by atoms with Crippen LogP contribution in [0.5, 0.6) is 0 Å². The van der Waals surface area contributed by atoms with E-state index in [-0.39, 0.29) is 24.6 Å². The van der Waals surface area contributed by atoms with E-state index in [4.69, 9.17) is 9.47 Å². The van der Waals surface area contributed by atoms with Crippen molar-refractivity contribution in [2.24, 2.45) is 0 Å². The molecule has 1 aromatic rings. The van der Waals surface area contributed by atoms with Crippen LogP contribution in [0.2, 0.25) is 0 Å². The molecule has 0 unspecified atom stereocenters. The molecule has 0 saturated carbocycles. The molecule has 0 saturated heterocycles. The summed E-state index contributed by atoms with van der Waals surface area (Å²) in [6.45, 7) is 13.2. The largest absolute Gasteiger partial charge is 0.461 e. The Bertz CT molecular complexity index is 913. The van der Waals surface area contributed by atoms with Gasteiger partial charge in [0.2, 0.25) is 0 Å². The highest BCUT2D eigenvalue weighted by Crippen LogP contribution is 2.38. The summed E-state index contributed by atoms with van der Waals surface area (Å²) in [6.07, 6.45) is 7.22. The summed E-state index contributed by atoms with van der Waals surface area (Å²) < 4.78 is 10.7. The Kier molecular flexibility index (Phi) is 8.43. The molecule has 0 radical (unpaired) electrons. The Morgan fingerprint density at radius 3 is 1.90 bits per heavy atom. The molecule has 0 aliphatic carbocycles. The van der Waals surface area contributed by atoms with Gasteiger partial charge in [0.1, 0.15) is 0 Å². The van der Waals surface area contributed by atoms with E-state index in [1.807, 2.05) is 68.2 Å². The van der Waals surface area contributed by atoms with Crippen molar-refractivity contribution < 1.29 is 19.1 Å². The normalized spacial score (nSPS) is 14.9. The fourth-order valence-corrected chi connectivity index (χ4v) is 3.49. The van der Waals surface area contributed by atoms with Crippen LogP contribution >= 0.6 is 0 Å². The Morgan fingerprint density at radius 1 is 0.935 bits per heavy atom. The molecule has 2 rings (SSSR count). The number of ether oxygens (including phenoxy) is 2. The lowest BCUT2D eigenvalue weighted by atomic mass is 10.1. The fraction of sp³-hybridized carbons (Fsp3) is 0.280. The average Bonchev–Trinajstić information content (AvgIpc) is 2.74. The third-order valence-corrected chi connectivity index (χ3v) is 4.69. The summed E-state index contributed by atoms with van der Waals surface area (Å²) in [4.78, 5) is 29.7. The molecule has 1 aliphatic heterocycles. The standard InChI is InChI=1S/C25H30N2O4/c1-7-10-12-15-18(4)26-19(5)22(24(28)30-8-2)27(21-16-13-11-14-17-21)23(20(26)6)25(29)31-9-3/h7,10-17H,1,8-9H2,2-6H3/b12-10-,18-15+. The Labute approximate surface area is 184 Å². The highest BCUT2D eigenvalue weighted by molar-refractivity contribution is 6.03. The molecule has 6 nitrogen and oxygen atoms in total. The summed E-state index contributed by atoms with van der Waals surface area (Å²) in [7, 11) is 0. The van der Waals surface area contributed by atoms with Gasteiger partial charge in [-0.3, -0.25) is 4.90 Å². The molecule has 6 heteroatoms. The van der Waals surface area contributed by atoms with Crippen LogP contribution in [0.4, 0.5) is 5.69 Å². The molecule has 0 amide bonds. The predicted octanol–water partition coefficient (Wildman–Crippen LogP) is 5.04. The van der Waals surface area contributed by atoms with Gasteiger partial charge < -0.3 is 14.4 Å². The first-order valence-corrected chi connectivity index (χ1v) is 10.3. The van der Waals surface area contributed by atoms with Gasteiger partial charge in [-0.1, -0.05) is 43.0 Å². The highest BCUT2D eigenvalue weighted by atomic mass is 16.5. The van der Waals surface area contributed by atoms with Crippen molar-refractivity contribution >= 4 is 17.6 Å². The number of esters is 2. The van der Waals surface area contributed by atoms with Crippen molar-refractivity contribution in [2.45, 2.75) is 34.6 Å². The molecule has 1 aromatic carbocycles. The van der Waals surface area contributed by atoms with Gasteiger partial charge in [-0.15, -0.1) is 0 Å². The van der Waals surface area contributed by atoms with Gasteiger partial charge in [-0.05, 0) is 52.8 Å². The van der Waals surface area contributed by atoms with Crippen molar-refractivity contribution in [1.82, 2.24) is 4.90 Å². The number of rotatable bonds is 8. The summed E-state index contributed by atoms with van der Waals surface area (Å²) in [5.74, 6) is -1.03. The van der Waals surface area contributed by atoms with Gasteiger partial charge in [0.25, 0.3) is 0 Å². The second-order valence-corrected chi connectivity index (χ2v) is 6.74.